The van der Waals surface area contributed by atoms with Crippen molar-refractivity contribution in [3.05, 3.63) is 10.5 Å². The highest BCUT2D eigenvalue weighted by atomic mass is 32.2. The Morgan fingerprint density at radius 2 is 2.00 bits per heavy atom. The van der Waals surface area contributed by atoms with Crippen molar-refractivity contribution in [1.82, 2.24) is 0 Å². The first-order chi connectivity index (χ1) is 4.93. The quantitative estimate of drug-likeness (QED) is 0.524. The molecule has 1 unspecified atom stereocenters. The molecule has 0 fully saturated rings. The van der Waals surface area contributed by atoms with Crippen LogP contribution in [0.3, 0.4) is 0 Å². The maximum Gasteiger partial charge on any atom is 0.293 e. The van der Waals surface area contributed by atoms with Crippen LogP contribution < -0.4 is 0 Å². The van der Waals surface area contributed by atoms with E-state index in [0.29, 0.717) is 11.3 Å². The van der Waals surface area contributed by atoms with E-state index in [1.807, 2.05) is 6.92 Å². The van der Waals surface area contributed by atoms with Crippen LogP contribution in [-0.2, 0) is 14.3 Å². The summed E-state index contributed by atoms with van der Waals surface area (Å²) in [6.07, 6.45) is 0.508. The number of hydrogen-bond donors (Lipinski definition) is 0. The Morgan fingerprint density at radius 1 is 1.45 bits per heavy atom. The first-order valence-electron chi connectivity index (χ1n) is 3.53. The zero-order chi connectivity index (χ0) is 8.65. The molecule has 11 heavy (non-hydrogen) atoms. The van der Waals surface area contributed by atoms with E-state index in [0.717, 1.165) is 5.57 Å². The smallest absolute Gasteiger partial charge is 0.263 e. The van der Waals surface area contributed by atoms with Gasteiger partial charge in [0.05, 0.1) is 11.0 Å². The van der Waals surface area contributed by atoms with Crippen LogP contribution in [-0.4, -0.2) is 14.5 Å². The fraction of sp³-hybridized carbons (Fsp3) is 0.714. The predicted molar refractivity (Wildman–Crippen MR) is 42.5 cm³/mol. The molecule has 1 aliphatic heterocycles. The lowest BCUT2D eigenvalue weighted by Crippen LogP contribution is -2.22. The van der Waals surface area contributed by atoms with Gasteiger partial charge in [0.15, 0.2) is 0 Å². The van der Waals surface area contributed by atoms with Crippen LogP contribution in [0, 0.1) is 0 Å². The zero-order valence-corrected chi connectivity index (χ0v) is 7.73. The summed E-state index contributed by atoms with van der Waals surface area (Å²) < 4.78 is 27.0. The molecule has 4 heteroatoms. The van der Waals surface area contributed by atoms with Crippen molar-refractivity contribution in [2.75, 3.05) is 0 Å². The molecule has 0 radical (unpaired) electrons. The summed E-state index contributed by atoms with van der Waals surface area (Å²) in [6.45, 7) is 5.16. The molecule has 3 nitrogen and oxygen atoms in total. The maximum absolute atomic E-state index is 11.1. The molecule has 1 atom stereocenters. The number of rotatable bonds is 0. The second-order valence-electron chi connectivity index (χ2n) is 2.90. The summed E-state index contributed by atoms with van der Waals surface area (Å²) in [5.74, 6) is 0. The van der Waals surface area contributed by atoms with E-state index < -0.39 is 10.1 Å². The molecule has 0 N–H and O–H groups in total. The van der Waals surface area contributed by atoms with Crippen molar-refractivity contribution in [3.63, 3.8) is 0 Å². The van der Waals surface area contributed by atoms with Crippen LogP contribution in [0.5, 0.6) is 0 Å². The van der Waals surface area contributed by atoms with E-state index in [9.17, 15) is 8.42 Å². The molecule has 1 aliphatic rings. The van der Waals surface area contributed by atoms with E-state index >= 15 is 0 Å². The zero-order valence-electron chi connectivity index (χ0n) is 6.92. The van der Waals surface area contributed by atoms with Gasteiger partial charge in [0, 0.05) is 0 Å². The lowest BCUT2D eigenvalue weighted by atomic mass is 10.1. The number of allylic oxidation sites excluding steroid dienone is 1. The monoisotopic (exact) mass is 176 g/mol. The average Bonchev–Trinajstić information content (AvgIpc) is 1.81. The third kappa shape index (κ3) is 1.62. The van der Waals surface area contributed by atoms with Gasteiger partial charge in [-0.15, -0.1) is 0 Å². The van der Waals surface area contributed by atoms with Crippen molar-refractivity contribution < 1.29 is 12.6 Å². The van der Waals surface area contributed by atoms with Crippen LogP contribution in [0.15, 0.2) is 10.5 Å². The van der Waals surface area contributed by atoms with Crippen molar-refractivity contribution in [2.24, 2.45) is 0 Å². The molecule has 0 aromatic rings. The maximum atomic E-state index is 11.1. The minimum atomic E-state index is -3.38. The minimum Gasteiger partial charge on any atom is -0.263 e. The fourth-order valence-electron chi connectivity index (χ4n) is 1.11. The summed E-state index contributed by atoms with van der Waals surface area (Å²) in [6, 6.07) is 0. The third-order valence-corrected chi connectivity index (χ3v) is 3.54. The Hall–Kier alpha value is -0.350. The van der Waals surface area contributed by atoms with Crippen LogP contribution >= 0.6 is 0 Å². The Morgan fingerprint density at radius 3 is 2.45 bits per heavy atom. The molecule has 0 saturated carbocycles. The highest BCUT2D eigenvalue weighted by Crippen LogP contribution is 2.25. The third-order valence-electron chi connectivity index (χ3n) is 1.86. The lowest BCUT2D eigenvalue weighted by molar-refractivity contribution is 0.225. The summed E-state index contributed by atoms with van der Waals surface area (Å²) in [5.41, 5.74) is 0.906. The van der Waals surface area contributed by atoms with Crippen LogP contribution in [0.1, 0.15) is 27.2 Å². The lowest BCUT2D eigenvalue weighted by Gasteiger charge is -2.20. The van der Waals surface area contributed by atoms with E-state index in [1.54, 1.807) is 13.8 Å². The second kappa shape index (κ2) is 2.60. The van der Waals surface area contributed by atoms with Crippen molar-refractivity contribution >= 4 is 10.1 Å². The Bertz CT molecular complexity index is 287. The van der Waals surface area contributed by atoms with Gasteiger partial charge in [0.1, 0.15) is 0 Å². The normalized spacial score (nSPS) is 30.6. The first kappa shape index (κ1) is 8.74. The van der Waals surface area contributed by atoms with Gasteiger partial charge < -0.3 is 0 Å². The van der Waals surface area contributed by atoms with E-state index in [-0.39, 0.29) is 6.10 Å². The number of hydrogen-bond acceptors (Lipinski definition) is 3. The van der Waals surface area contributed by atoms with Crippen molar-refractivity contribution in [1.29, 1.82) is 0 Å². The Balaban J connectivity index is 3.13. The molecule has 0 saturated heterocycles. The van der Waals surface area contributed by atoms with Gasteiger partial charge in [-0.25, -0.2) is 0 Å². The molecule has 1 rings (SSSR count). The Labute approximate surface area is 67.2 Å². The van der Waals surface area contributed by atoms with Crippen molar-refractivity contribution in [3.8, 4) is 0 Å². The van der Waals surface area contributed by atoms with Gasteiger partial charge in [-0.1, -0.05) is 5.57 Å². The topological polar surface area (TPSA) is 43.4 Å². The summed E-state index contributed by atoms with van der Waals surface area (Å²) in [4.78, 5) is 0.371. The first-order valence-corrected chi connectivity index (χ1v) is 4.94. The molecule has 0 aromatic carbocycles. The molecule has 0 aliphatic carbocycles. The highest BCUT2D eigenvalue weighted by Gasteiger charge is 2.26. The second-order valence-corrected chi connectivity index (χ2v) is 4.61. The Kier molecular flexibility index (Phi) is 2.07. The molecular formula is C7H12O3S. The van der Waals surface area contributed by atoms with Crippen molar-refractivity contribution in [2.45, 2.75) is 33.3 Å². The van der Waals surface area contributed by atoms with Gasteiger partial charge in [-0.3, -0.25) is 4.18 Å². The van der Waals surface area contributed by atoms with Gasteiger partial charge in [-0.2, -0.15) is 8.42 Å². The SMILES string of the molecule is CC1=C(C)S(=O)(=O)OC(C)C1. The van der Waals surface area contributed by atoms with Crippen LogP contribution in [0.25, 0.3) is 0 Å². The predicted octanol–water partition coefficient (Wildman–Crippen LogP) is 1.42. The average molecular weight is 176 g/mol. The summed E-state index contributed by atoms with van der Waals surface area (Å²) in [7, 11) is -3.38. The minimum absolute atomic E-state index is 0.205. The summed E-state index contributed by atoms with van der Waals surface area (Å²) >= 11 is 0. The van der Waals surface area contributed by atoms with E-state index in [4.69, 9.17) is 4.18 Å². The van der Waals surface area contributed by atoms with Gasteiger partial charge in [0.25, 0.3) is 10.1 Å². The van der Waals surface area contributed by atoms with E-state index in [2.05, 4.69) is 0 Å². The molecular weight excluding hydrogens is 164 g/mol. The van der Waals surface area contributed by atoms with Crippen LogP contribution in [0.4, 0.5) is 0 Å². The highest BCUT2D eigenvalue weighted by molar-refractivity contribution is 7.90. The molecule has 64 valence electrons. The van der Waals surface area contributed by atoms with E-state index in [1.165, 1.54) is 0 Å². The van der Waals surface area contributed by atoms with Crippen LogP contribution in [0.2, 0.25) is 0 Å². The van der Waals surface area contributed by atoms with Gasteiger partial charge in [0.2, 0.25) is 0 Å². The molecule has 0 spiro atoms. The van der Waals surface area contributed by atoms with Gasteiger partial charge >= 0.3 is 0 Å². The van der Waals surface area contributed by atoms with Gasteiger partial charge in [-0.05, 0) is 27.2 Å². The molecule has 1 heterocycles. The summed E-state index contributed by atoms with van der Waals surface area (Å²) in [5, 5.41) is 0. The fourth-order valence-corrected chi connectivity index (χ4v) is 2.27. The largest absolute Gasteiger partial charge is 0.293 e. The standard InChI is InChI=1S/C7H12O3S/c1-5-4-6(2)10-11(8,9)7(5)3/h6H,4H2,1-3H3. The molecule has 0 bridgehead atoms. The molecule has 0 aromatic heterocycles. The molecule has 0 amide bonds.